The van der Waals surface area contributed by atoms with Crippen molar-refractivity contribution in [2.24, 2.45) is 0 Å². The third-order valence-corrected chi connectivity index (χ3v) is 5.59. The normalized spacial score (nSPS) is 20.2. The van der Waals surface area contributed by atoms with Crippen LogP contribution in [0.3, 0.4) is 0 Å². The minimum absolute atomic E-state index is 0.00565. The van der Waals surface area contributed by atoms with E-state index in [1.165, 1.54) is 0 Å². The van der Waals surface area contributed by atoms with Gasteiger partial charge in [0, 0.05) is 43.7 Å². The molecule has 1 aromatic carbocycles. The van der Waals surface area contributed by atoms with Crippen LogP contribution in [0.1, 0.15) is 5.69 Å². The van der Waals surface area contributed by atoms with Gasteiger partial charge in [0.2, 0.25) is 0 Å². The molecule has 1 aromatic heterocycles. The Morgan fingerprint density at radius 2 is 1.88 bits per heavy atom. The number of piperazine rings is 1. The Morgan fingerprint density at radius 3 is 2.69 bits per heavy atom. The first-order valence-electron chi connectivity index (χ1n) is 8.98. The molecule has 2 aromatic rings. The second-order valence-corrected chi connectivity index (χ2v) is 7.74. The number of aromatic nitrogens is 2. The summed E-state index contributed by atoms with van der Waals surface area (Å²) in [7, 11) is 2.16. The number of anilines is 1. The first-order chi connectivity index (χ1) is 12.7. The van der Waals surface area contributed by atoms with Crippen molar-refractivity contribution in [1.82, 2.24) is 14.9 Å². The van der Waals surface area contributed by atoms with E-state index < -0.39 is 0 Å². The van der Waals surface area contributed by atoms with Gasteiger partial charge in [-0.05, 0) is 26.1 Å². The Hall–Kier alpha value is -1.99. The van der Waals surface area contributed by atoms with Crippen LogP contribution in [-0.2, 0) is 0 Å². The Kier molecular flexibility index (Phi) is 5.17. The molecule has 26 heavy (non-hydrogen) atoms. The standard InChI is InChI=1S/C19H24N4O2S/c1-14-11-18(23-9-7-22(2)8-10-23)21-19(20-14)26-13-15-12-24-16-5-3-4-6-17(16)25-15/h3-6,11,15H,7-10,12-13H2,1-2H3. The van der Waals surface area contributed by atoms with Gasteiger partial charge >= 0.3 is 0 Å². The fourth-order valence-electron chi connectivity index (χ4n) is 3.10. The van der Waals surface area contributed by atoms with Crippen molar-refractivity contribution >= 4 is 17.6 Å². The summed E-state index contributed by atoms with van der Waals surface area (Å²) >= 11 is 1.63. The molecule has 1 atom stereocenters. The van der Waals surface area contributed by atoms with E-state index in [-0.39, 0.29) is 6.10 Å². The number of aryl methyl sites for hydroxylation is 1. The second-order valence-electron chi connectivity index (χ2n) is 6.75. The van der Waals surface area contributed by atoms with Crippen LogP contribution in [0.5, 0.6) is 11.5 Å². The molecular formula is C19H24N4O2S. The van der Waals surface area contributed by atoms with E-state index in [4.69, 9.17) is 14.5 Å². The molecule has 2 aliphatic rings. The molecule has 3 heterocycles. The molecule has 1 fully saturated rings. The Balaban J connectivity index is 1.39. The summed E-state index contributed by atoms with van der Waals surface area (Å²) in [5, 5.41) is 0.807. The molecule has 1 saturated heterocycles. The van der Waals surface area contributed by atoms with E-state index in [1.54, 1.807) is 11.8 Å². The molecule has 0 spiro atoms. The molecule has 0 radical (unpaired) electrons. The van der Waals surface area contributed by atoms with Crippen LogP contribution in [-0.4, -0.2) is 66.6 Å². The highest BCUT2D eigenvalue weighted by atomic mass is 32.2. The minimum atomic E-state index is 0.00565. The molecule has 0 amide bonds. The smallest absolute Gasteiger partial charge is 0.189 e. The van der Waals surface area contributed by atoms with Crippen LogP contribution in [0.4, 0.5) is 5.82 Å². The summed E-state index contributed by atoms with van der Waals surface area (Å²) in [4.78, 5) is 14.1. The number of hydrogen-bond donors (Lipinski definition) is 0. The van der Waals surface area contributed by atoms with Gasteiger partial charge in [-0.15, -0.1) is 0 Å². The molecule has 7 heteroatoms. The fourth-order valence-corrected chi connectivity index (χ4v) is 3.97. The van der Waals surface area contributed by atoms with Crippen molar-refractivity contribution in [3.63, 3.8) is 0 Å². The van der Waals surface area contributed by atoms with Gasteiger partial charge in [0.1, 0.15) is 18.5 Å². The zero-order valence-corrected chi connectivity index (χ0v) is 16.0. The zero-order valence-electron chi connectivity index (χ0n) is 15.2. The van der Waals surface area contributed by atoms with E-state index in [0.717, 1.165) is 60.1 Å². The number of ether oxygens (including phenoxy) is 2. The molecule has 0 N–H and O–H groups in total. The van der Waals surface area contributed by atoms with Crippen molar-refractivity contribution in [3.05, 3.63) is 36.0 Å². The summed E-state index contributed by atoms with van der Waals surface area (Å²) in [6.45, 7) is 6.74. The van der Waals surface area contributed by atoms with Gasteiger partial charge in [0.25, 0.3) is 0 Å². The molecule has 0 saturated carbocycles. The van der Waals surface area contributed by atoms with E-state index >= 15 is 0 Å². The summed E-state index contributed by atoms with van der Waals surface area (Å²) in [6, 6.07) is 9.87. The largest absolute Gasteiger partial charge is 0.486 e. The number of benzene rings is 1. The highest BCUT2D eigenvalue weighted by Gasteiger charge is 2.22. The molecule has 2 aliphatic heterocycles. The zero-order chi connectivity index (χ0) is 17.9. The first kappa shape index (κ1) is 17.4. The van der Waals surface area contributed by atoms with Gasteiger partial charge < -0.3 is 19.3 Å². The maximum absolute atomic E-state index is 6.02. The van der Waals surface area contributed by atoms with Gasteiger partial charge in [-0.1, -0.05) is 23.9 Å². The predicted octanol–water partition coefficient (Wildman–Crippen LogP) is 2.47. The van der Waals surface area contributed by atoms with Gasteiger partial charge in [-0.2, -0.15) is 0 Å². The second kappa shape index (κ2) is 7.72. The number of likely N-dealkylation sites (N-methyl/N-ethyl adjacent to an activating group) is 1. The maximum atomic E-state index is 6.02. The number of thioether (sulfide) groups is 1. The Labute approximate surface area is 158 Å². The number of fused-ring (bicyclic) bond motifs is 1. The van der Waals surface area contributed by atoms with Crippen molar-refractivity contribution in [2.45, 2.75) is 18.2 Å². The lowest BCUT2D eigenvalue weighted by Crippen LogP contribution is -2.44. The molecular weight excluding hydrogens is 348 g/mol. The maximum Gasteiger partial charge on any atom is 0.189 e. The molecule has 1 unspecified atom stereocenters. The summed E-state index contributed by atoms with van der Waals surface area (Å²) < 4.78 is 11.8. The monoisotopic (exact) mass is 372 g/mol. The van der Waals surface area contributed by atoms with Crippen molar-refractivity contribution in [3.8, 4) is 11.5 Å². The van der Waals surface area contributed by atoms with E-state index in [0.29, 0.717) is 6.61 Å². The summed E-state index contributed by atoms with van der Waals surface area (Å²) in [5.74, 6) is 3.42. The van der Waals surface area contributed by atoms with Crippen LogP contribution in [0, 0.1) is 6.92 Å². The van der Waals surface area contributed by atoms with Crippen molar-refractivity contribution in [1.29, 1.82) is 0 Å². The highest BCUT2D eigenvalue weighted by Crippen LogP contribution is 2.32. The topological polar surface area (TPSA) is 50.7 Å². The van der Waals surface area contributed by atoms with Crippen molar-refractivity contribution in [2.75, 3.05) is 50.5 Å². The Morgan fingerprint density at radius 1 is 1.12 bits per heavy atom. The fraction of sp³-hybridized carbons (Fsp3) is 0.474. The Bertz CT molecular complexity index is 765. The molecule has 0 aliphatic carbocycles. The lowest BCUT2D eigenvalue weighted by molar-refractivity contribution is 0.107. The lowest BCUT2D eigenvalue weighted by Gasteiger charge is -2.33. The molecule has 138 valence electrons. The van der Waals surface area contributed by atoms with Crippen LogP contribution >= 0.6 is 11.8 Å². The van der Waals surface area contributed by atoms with Crippen LogP contribution in [0.25, 0.3) is 0 Å². The number of rotatable bonds is 4. The minimum Gasteiger partial charge on any atom is -0.486 e. The van der Waals surface area contributed by atoms with Gasteiger partial charge in [0.05, 0.1) is 0 Å². The molecule has 4 rings (SSSR count). The first-order valence-corrected chi connectivity index (χ1v) is 9.96. The van der Waals surface area contributed by atoms with Crippen LogP contribution in [0.2, 0.25) is 0 Å². The average molecular weight is 372 g/mol. The van der Waals surface area contributed by atoms with Gasteiger partial charge in [-0.3, -0.25) is 0 Å². The third-order valence-electron chi connectivity index (χ3n) is 4.61. The molecule has 6 nitrogen and oxygen atoms in total. The number of hydrogen-bond acceptors (Lipinski definition) is 7. The van der Waals surface area contributed by atoms with Crippen LogP contribution < -0.4 is 14.4 Å². The van der Waals surface area contributed by atoms with Gasteiger partial charge in [-0.25, -0.2) is 9.97 Å². The summed E-state index contributed by atoms with van der Waals surface area (Å²) in [5.41, 5.74) is 1.00. The lowest BCUT2D eigenvalue weighted by atomic mass is 10.3. The highest BCUT2D eigenvalue weighted by molar-refractivity contribution is 7.99. The SMILES string of the molecule is Cc1cc(N2CCN(C)CC2)nc(SCC2COc3ccccc3O2)n1. The van der Waals surface area contributed by atoms with Crippen LogP contribution in [0.15, 0.2) is 35.5 Å². The van der Waals surface area contributed by atoms with E-state index in [2.05, 4.69) is 27.9 Å². The van der Waals surface area contributed by atoms with E-state index in [9.17, 15) is 0 Å². The predicted molar refractivity (Wildman–Crippen MR) is 104 cm³/mol. The quantitative estimate of drug-likeness (QED) is 0.604. The summed E-state index contributed by atoms with van der Waals surface area (Å²) in [6.07, 6.45) is 0.00565. The van der Waals surface area contributed by atoms with Crippen molar-refractivity contribution < 1.29 is 9.47 Å². The van der Waals surface area contributed by atoms with Gasteiger partial charge in [0.15, 0.2) is 16.7 Å². The van der Waals surface area contributed by atoms with E-state index in [1.807, 2.05) is 31.2 Å². The average Bonchev–Trinajstić information content (AvgIpc) is 2.66. The number of nitrogens with zero attached hydrogens (tertiary/aromatic N) is 4. The molecule has 0 bridgehead atoms. The third kappa shape index (κ3) is 4.04. The number of para-hydroxylation sites is 2.